The highest BCUT2D eigenvalue weighted by Crippen LogP contribution is 2.14. The summed E-state index contributed by atoms with van der Waals surface area (Å²) in [5.41, 5.74) is -0.0285. The van der Waals surface area contributed by atoms with Crippen molar-refractivity contribution in [3.05, 3.63) is 12.2 Å². The summed E-state index contributed by atoms with van der Waals surface area (Å²) >= 11 is 0. The lowest BCUT2D eigenvalue weighted by molar-refractivity contribution is 0.213. The molecule has 16 heavy (non-hydrogen) atoms. The van der Waals surface area contributed by atoms with Crippen molar-refractivity contribution in [1.29, 1.82) is 0 Å². The Balaban J connectivity index is 2.55. The molecule has 0 saturated carbocycles. The number of hydrogen-bond donors (Lipinski definition) is 2. The summed E-state index contributed by atoms with van der Waals surface area (Å²) in [4.78, 5) is 4.21. The molecule has 1 unspecified atom stereocenters. The molecule has 0 bridgehead atoms. The summed E-state index contributed by atoms with van der Waals surface area (Å²) < 4.78 is 1.88. The van der Waals surface area contributed by atoms with Crippen LogP contribution in [0.4, 0.5) is 0 Å². The average Bonchev–Trinajstić information content (AvgIpc) is 2.74. The van der Waals surface area contributed by atoms with Gasteiger partial charge in [0.15, 0.2) is 0 Å². The van der Waals surface area contributed by atoms with E-state index in [0.717, 1.165) is 25.2 Å². The molecule has 0 fully saturated rings. The van der Waals surface area contributed by atoms with E-state index in [4.69, 9.17) is 5.11 Å². The molecule has 0 aliphatic rings. The van der Waals surface area contributed by atoms with Gasteiger partial charge in [-0.25, -0.2) is 9.67 Å². The molecule has 0 amide bonds. The van der Waals surface area contributed by atoms with Crippen LogP contribution in [0.15, 0.2) is 6.33 Å². The number of aliphatic hydroxyl groups is 1. The molecule has 0 saturated heterocycles. The van der Waals surface area contributed by atoms with Gasteiger partial charge in [-0.1, -0.05) is 6.92 Å². The van der Waals surface area contributed by atoms with Crippen molar-refractivity contribution in [2.24, 2.45) is 0 Å². The van der Waals surface area contributed by atoms with E-state index in [1.165, 1.54) is 0 Å². The summed E-state index contributed by atoms with van der Waals surface area (Å²) in [6.07, 6.45) is 3.31. The average molecular weight is 226 g/mol. The molecule has 0 aromatic carbocycles. The molecule has 5 nitrogen and oxygen atoms in total. The van der Waals surface area contributed by atoms with Crippen molar-refractivity contribution in [3.8, 4) is 0 Å². The highest BCUT2D eigenvalue weighted by atomic mass is 16.3. The van der Waals surface area contributed by atoms with Gasteiger partial charge in [-0.2, -0.15) is 5.10 Å². The monoisotopic (exact) mass is 226 g/mol. The summed E-state index contributed by atoms with van der Waals surface area (Å²) in [5, 5.41) is 16.6. The van der Waals surface area contributed by atoms with Crippen molar-refractivity contribution in [1.82, 2.24) is 20.1 Å². The maximum atomic E-state index is 9.02. The first-order valence-electron chi connectivity index (χ1n) is 5.87. The Morgan fingerprint density at radius 2 is 2.25 bits per heavy atom. The lowest BCUT2D eigenvalue weighted by Crippen LogP contribution is -2.42. The first-order valence-corrected chi connectivity index (χ1v) is 5.87. The molecule has 1 rings (SSSR count). The second-order valence-electron chi connectivity index (χ2n) is 4.23. The minimum Gasteiger partial charge on any atom is -0.396 e. The Bertz CT molecular complexity index is 313. The van der Waals surface area contributed by atoms with Crippen LogP contribution in [0.1, 0.15) is 39.4 Å². The van der Waals surface area contributed by atoms with Gasteiger partial charge in [-0.15, -0.1) is 0 Å². The van der Waals surface area contributed by atoms with E-state index in [1.54, 1.807) is 6.33 Å². The molecule has 1 heterocycles. The SMILES string of the molecule is CCn1ncnc1CNC(C)(CC)CCO. The highest BCUT2D eigenvalue weighted by Gasteiger charge is 2.21. The maximum Gasteiger partial charge on any atom is 0.140 e. The van der Waals surface area contributed by atoms with Crippen LogP contribution in [0.2, 0.25) is 0 Å². The molecule has 0 aliphatic carbocycles. The minimum absolute atomic E-state index is 0.0285. The second kappa shape index (κ2) is 5.96. The Labute approximate surface area is 96.9 Å². The number of nitrogens with one attached hydrogen (secondary N) is 1. The first kappa shape index (κ1) is 13.1. The molecule has 1 aromatic heterocycles. The third-order valence-corrected chi connectivity index (χ3v) is 3.11. The fourth-order valence-electron chi connectivity index (χ4n) is 1.62. The van der Waals surface area contributed by atoms with E-state index in [0.29, 0.717) is 6.54 Å². The van der Waals surface area contributed by atoms with Crippen molar-refractivity contribution in [2.75, 3.05) is 6.61 Å². The van der Waals surface area contributed by atoms with Crippen molar-refractivity contribution < 1.29 is 5.11 Å². The van der Waals surface area contributed by atoms with E-state index in [9.17, 15) is 0 Å². The number of aromatic nitrogens is 3. The zero-order valence-electron chi connectivity index (χ0n) is 10.4. The summed E-state index contributed by atoms with van der Waals surface area (Å²) in [5.74, 6) is 0.945. The molecule has 1 aromatic rings. The van der Waals surface area contributed by atoms with Crippen LogP contribution in [0.25, 0.3) is 0 Å². The zero-order chi connectivity index (χ0) is 12.0. The third-order valence-electron chi connectivity index (χ3n) is 3.11. The largest absolute Gasteiger partial charge is 0.396 e. The fourth-order valence-corrected chi connectivity index (χ4v) is 1.62. The third kappa shape index (κ3) is 3.28. The molecule has 0 radical (unpaired) electrons. The normalized spacial score (nSPS) is 15.0. The van der Waals surface area contributed by atoms with Crippen LogP contribution >= 0.6 is 0 Å². The van der Waals surface area contributed by atoms with Crippen LogP contribution in [0, 0.1) is 0 Å². The summed E-state index contributed by atoms with van der Waals surface area (Å²) in [6, 6.07) is 0. The molecular formula is C11H22N4O. The van der Waals surface area contributed by atoms with Gasteiger partial charge < -0.3 is 10.4 Å². The molecule has 2 N–H and O–H groups in total. The van der Waals surface area contributed by atoms with E-state index in [-0.39, 0.29) is 12.1 Å². The smallest absolute Gasteiger partial charge is 0.140 e. The van der Waals surface area contributed by atoms with Gasteiger partial charge in [0.2, 0.25) is 0 Å². The standard InChI is InChI=1S/C11H22N4O/c1-4-11(3,6-7-16)13-8-10-12-9-14-15(10)5-2/h9,13,16H,4-8H2,1-3H3. The van der Waals surface area contributed by atoms with Crippen molar-refractivity contribution in [3.63, 3.8) is 0 Å². The molecule has 92 valence electrons. The Morgan fingerprint density at radius 1 is 1.50 bits per heavy atom. The topological polar surface area (TPSA) is 63.0 Å². The summed E-state index contributed by atoms with van der Waals surface area (Å²) in [7, 11) is 0. The lowest BCUT2D eigenvalue weighted by atomic mass is 9.95. The van der Waals surface area contributed by atoms with E-state index in [2.05, 4.69) is 29.2 Å². The molecule has 5 heteroatoms. The molecule has 0 aliphatic heterocycles. The number of rotatable bonds is 7. The van der Waals surface area contributed by atoms with Gasteiger partial charge in [0.25, 0.3) is 0 Å². The Morgan fingerprint density at radius 3 is 2.81 bits per heavy atom. The van der Waals surface area contributed by atoms with Crippen LogP contribution in [-0.2, 0) is 13.1 Å². The predicted octanol–water partition coefficient (Wildman–Crippen LogP) is 0.939. The van der Waals surface area contributed by atoms with Gasteiger partial charge in [-0.3, -0.25) is 0 Å². The van der Waals surface area contributed by atoms with E-state index in [1.807, 2.05) is 11.6 Å². The van der Waals surface area contributed by atoms with Crippen LogP contribution < -0.4 is 5.32 Å². The van der Waals surface area contributed by atoms with Gasteiger partial charge in [0.05, 0.1) is 6.54 Å². The van der Waals surface area contributed by atoms with Gasteiger partial charge in [0.1, 0.15) is 12.2 Å². The highest BCUT2D eigenvalue weighted by molar-refractivity contribution is 4.88. The van der Waals surface area contributed by atoms with Crippen LogP contribution in [0.5, 0.6) is 0 Å². The predicted molar refractivity (Wildman–Crippen MR) is 62.9 cm³/mol. The van der Waals surface area contributed by atoms with Gasteiger partial charge in [0, 0.05) is 18.7 Å². The van der Waals surface area contributed by atoms with Crippen molar-refractivity contribution >= 4 is 0 Å². The first-order chi connectivity index (χ1) is 7.65. The maximum absolute atomic E-state index is 9.02. The van der Waals surface area contributed by atoms with E-state index >= 15 is 0 Å². The fraction of sp³-hybridized carbons (Fsp3) is 0.818. The quantitative estimate of drug-likeness (QED) is 0.726. The Hall–Kier alpha value is -0.940. The Kier molecular flexibility index (Phi) is 4.89. The zero-order valence-corrected chi connectivity index (χ0v) is 10.4. The molecular weight excluding hydrogens is 204 g/mol. The van der Waals surface area contributed by atoms with Gasteiger partial charge in [-0.05, 0) is 26.7 Å². The van der Waals surface area contributed by atoms with Gasteiger partial charge >= 0.3 is 0 Å². The van der Waals surface area contributed by atoms with Crippen LogP contribution in [0.3, 0.4) is 0 Å². The number of aliphatic hydroxyl groups excluding tert-OH is 1. The lowest BCUT2D eigenvalue weighted by Gasteiger charge is -2.28. The number of aryl methyl sites for hydroxylation is 1. The summed E-state index contributed by atoms with van der Waals surface area (Å²) in [6.45, 7) is 8.02. The minimum atomic E-state index is -0.0285. The van der Waals surface area contributed by atoms with E-state index < -0.39 is 0 Å². The van der Waals surface area contributed by atoms with Crippen molar-refractivity contribution in [2.45, 2.75) is 52.2 Å². The van der Waals surface area contributed by atoms with Crippen LogP contribution in [-0.4, -0.2) is 32.0 Å². The number of hydrogen-bond acceptors (Lipinski definition) is 4. The second-order valence-corrected chi connectivity index (χ2v) is 4.23. The molecule has 1 atom stereocenters. The molecule has 0 spiro atoms. The number of nitrogens with zero attached hydrogens (tertiary/aromatic N) is 3.